The van der Waals surface area contributed by atoms with Crippen LogP contribution in [0.15, 0.2) is 53.1 Å². The lowest BCUT2D eigenvalue weighted by molar-refractivity contribution is -0.127. The molecular weight excluding hydrogens is 374 g/mol. The van der Waals surface area contributed by atoms with E-state index in [0.29, 0.717) is 12.6 Å². The Hall–Kier alpha value is -2.11. The molecule has 2 aliphatic heterocycles. The van der Waals surface area contributed by atoms with Gasteiger partial charge in [-0.15, -0.1) is 0 Å². The Kier molecular flexibility index (Phi) is 7.59. The van der Waals surface area contributed by atoms with Crippen LogP contribution in [0.1, 0.15) is 37.0 Å². The molecule has 5 nitrogen and oxygen atoms in total. The topological polar surface area (TPSA) is 48.7 Å². The van der Waals surface area contributed by atoms with E-state index < -0.39 is 0 Å². The number of furan rings is 1. The lowest BCUT2D eigenvalue weighted by Crippen LogP contribution is -2.51. The Morgan fingerprint density at radius 2 is 1.83 bits per heavy atom. The van der Waals surface area contributed by atoms with E-state index in [0.717, 1.165) is 51.1 Å². The third-order valence-corrected chi connectivity index (χ3v) is 6.71. The standard InChI is InChI=1S/C25H35N3O2/c29-25(26-14-10-24-9-5-19-30-24)22-8-4-15-28(20-22)23-12-17-27(18-13-23)16-11-21-6-2-1-3-7-21/h1-3,5-7,9,19,22-23H,4,8,10-18,20H2,(H,26,29). The molecule has 0 saturated carbocycles. The molecule has 4 rings (SSSR count). The number of rotatable bonds is 8. The van der Waals surface area contributed by atoms with Crippen LogP contribution in [0.2, 0.25) is 0 Å². The highest BCUT2D eigenvalue weighted by atomic mass is 16.3. The predicted octanol–water partition coefficient (Wildman–Crippen LogP) is 3.36. The van der Waals surface area contributed by atoms with Crippen LogP contribution in [0.5, 0.6) is 0 Å². The van der Waals surface area contributed by atoms with Crippen LogP contribution < -0.4 is 5.32 Å². The lowest BCUT2D eigenvalue weighted by Gasteiger charge is -2.42. The molecule has 2 fully saturated rings. The third kappa shape index (κ3) is 5.96. The number of amides is 1. The van der Waals surface area contributed by atoms with E-state index in [9.17, 15) is 4.79 Å². The summed E-state index contributed by atoms with van der Waals surface area (Å²) in [6.45, 7) is 6.22. The maximum absolute atomic E-state index is 12.7. The van der Waals surface area contributed by atoms with Gasteiger partial charge in [-0.3, -0.25) is 9.69 Å². The highest BCUT2D eigenvalue weighted by molar-refractivity contribution is 5.78. The Bertz CT molecular complexity index is 754. The third-order valence-electron chi connectivity index (χ3n) is 6.71. The molecule has 2 aliphatic rings. The molecule has 3 heterocycles. The van der Waals surface area contributed by atoms with Crippen LogP contribution in [0.4, 0.5) is 0 Å². The average Bonchev–Trinajstić information content (AvgIpc) is 3.32. The fourth-order valence-electron chi connectivity index (χ4n) is 4.90. The number of benzene rings is 1. The van der Waals surface area contributed by atoms with Gasteiger partial charge in [0.15, 0.2) is 0 Å². The zero-order chi connectivity index (χ0) is 20.6. The summed E-state index contributed by atoms with van der Waals surface area (Å²) in [7, 11) is 0. The maximum Gasteiger partial charge on any atom is 0.224 e. The predicted molar refractivity (Wildman–Crippen MR) is 119 cm³/mol. The minimum atomic E-state index is 0.131. The second kappa shape index (κ2) is 10.8. The first-order chi connectivity index (χ1) is 14.8. The molecule has 2 aromatic rings. The molecule has 1 N–H and O–H groups in total. The van der Waals surface area contributed by atoms with E-state index >= 15 is 0 Å². The van der Waals surface area contributed by atoms with E-state index in [4.69, 9.17) is 4.42 Å². The maximum atomic E-state index is 12.7. The van der Waals surface area contributed by atoms with Crippen LogP contribution in [0.3, 0.4) is 0 Å². The monoisotopic (exact) mass is 409 g/mol. The van der Waals surface area contributed by atoms with Crippen molar-refractivity contribution in [3.8, 4) is 0 Å². The number of carbonyl (C=O) groups excluding carboxylic acids is 1. The van der Waals surface area contributed by atoms with Gasteiger partial charge in [0.2, 0.25) is 5.91 Å². The van der Waals surface area contributed by atoms with Crippen LogP contribution in [-0.4, -0.2) is 61.0 Å². The summed E-state index contributed by atoms with van der Waals surface area (Å²) >= 11 is 0. The molecule has 0 bridgehead atoms. The van der Waals surface area contributed by atoms with Gasteiger partial charge in [0.25, 0.3) is 0 Å². The molecule has 0 radical (unpaired) electrons. The fourth-order valence-corrected chi connectivity index (χ4v) is 4.90. The highest BCUT2D eigenvalue weighted by Crippen LogP contribution is 2.24. The molecule has 2 saturated heterocycles. The summed E-state index contributed by atoms with van der Waals surface area (Å²) in [6, 6.07) is 15.3. The second-order valence-electron chi connectivity index (χ2n) is 8.76. The van der Waals surface area contributed by atoms with Crippen LogP contribution >= 0.6 is 0 Å². The molecule has 5 heteroatoms. The molecule has 1 atom stereocenters. The Morgan fingerprint density at radius 1 is 1.00 bits per heavy atom. The van der Waals surface area contributed by atoms with Gasteiger partial charge in [0.1, 0.15) is 5.76 Å². The first-order valence-electron chi connectivity index (χ1n) is 11.6. The van der Waals surface area contributed by atoms with Crippen molar-refractivity contribution in [3.05, 3.63) is 60.1 Å². The zero-order valence-electron chi connectivity index (χ0n) is 18.0. The van der Waals surface area contributed by atoms with Crippen molar-refractivity contribution >= 4 is 5.91 Å². The van der Waals surface area contributed by atoms with Crippen molar-refractivity contribution in [1.82, 2.24) is 15.1 Å². The smallest absolute Gasteiger partial charge is 0.224 e. The van der Waals surface area contributed by atoms with E-state index in [1.54, 1.807) is 6.26 Å². The molecular formula is C25H35N3O2. The van der Waals surface area contributed by atoms with E-state index in [-0.39, 0.29) is 11.8 Å². The van der Waals surface area contributed by atoms with Gasteiger partial charge < -0.3 is 14.6 Å². The largest absolute Gasteiger partial charge is 0.469 e. The van der Waals surface area contributed by atoms with Gasteiger partial charge in [-0.05, 0) is 69.4 Å². The van der Waals surface area contributed by atoms with Crippen molar-refractivity contribution in [2.45, 2.75) is 44.6 Å². The van der Waals surface area contributed by atoms with E-state index in [2.05, 4.69) is 45.4 Å². The first kappa shape index (κ1) is 21.1. The molecule has 1 amide bonds. The van der Waals surface area contributed by atoms with Crippen LogP contribution in [-0.2, 0) is 17.6 Å². The minimum Gasteiger partial charge on any atom is -0.469 e. The van der Waals surface area contributed by atoms with Gasteiger partial charge in [-0.2, -0.15) is 0 Å². The molecule has 1 aromatic carbocycles. The fraction of sp³-hybridized carbons (Fsp3) is 0.560. The molecule has 30 heavy (non-hydrogen) atoms. The van der Waals surface area contributed by atoms with Gasteiger partial charge in [0, 0.05) is 32.1 Å². The molecule has 1 aromatic heterocycles. The molecule has 0 aliphatic carbocycles. The zero-order valence-corrected chi connectivity index (χ0v) is 18.0. The van der Waals surface area contributed by atoms with E-state index in [1.165, 1.54) is 31.5 Å². The average molecular weight is 410 g/mol. The van der Waals surface area contributed by atoms with Crippen LogP contribution in [0, 0.1) is 5.92 Å². The summed E-state index contributed by atoms with van der Waals surface area (Å²) in [6.07, 6.45) is 8.17. The van der Waals surface area contributed by atoms with Crippen molar-refractivity contribution in [1.29, 1.82) is 0 Å². The quantitative estimate of drug-likeness (QED) is 0.726. The minimum absolute atomic E-state index is 0.131. The summed E-state index contributed by atoms with van der Waals surface area (Å²) in [5.41, 5.74) is 1.43. The molecule has 162 valence electrons. The van der Waals surface area contributed by atoms with Crippen LogP contribution in [0.25, 0.3) is 0 Å². The Balaban J connectivity index is 1.17. The molecule has 0 spiro atoms. The number of piperidine rings is 2. The first-order valence-corrected chi connectivity index (χ1v) is 11.6. The number of nitrogens with zero attached hydrogens (tertiary/aromatic N) is 2. The Labute approximate surface area is 180 Å². The number of hydrogen-bond donors (Lipinski definition) is 1. The summed E-state index contributed by atoms with van der Waals surface area (Å²) in [5, 5.41) is 3.12. The number of likely N-dealkylation sites (tertiary alicyclic amines) is 2. The number of nitrogens with one attached hydrogen (secondary N) is 1. The second-order valence-corrected chi connectivity index (χ2v) is 8.76. The normalized spacial score (nSPS) is 21.5. The number of hydrogen-bond acceptors (Lipinski definition) is 4. The Morgan fingerprint density at radius 3 is 2.60 bits per heavy atom. The van der Waals surface area contributed by atoms with Crippen molar-refractivity contribution in [2.75, 3.05) is 39.3 Å². The van der Waals surface area contributed by atoms with Crippen molar-refractivity contribution in [3.63, 3.8) is 0 Å². The van der Waals surface area contributed by atoms with Gasteiger partial charge >= 0.3 is 0 Å². The SMILES string of the molecule is O=C(NCCc1ccco1)C1CCCN(C2CCN(CCc3ccccc3)CC2)C1. The van der Waals surface area contributed by atoms with Gasteiger partial charge in [0.05, 0.1) is 12.2 Å². The number of carbonyl (C=O) groups is 1. The highest BCUT2D eigenvalue weighted by Gasteiger charge is 2.31. The van der Waals surface area contributed by atoms with Crippen molar-refractivity contribution < 1.29 is 9.21 Å². The van der Waals surface area contributed by atoms with E-state index in [1.807, 2.05) is 12.1 Å². The summed E-state index contributed by atoms with van der Waals surface area (Å²) in [4.78, 5) is 17.8. The summed E-state index contributed by atoms with van der Waals surface area (Å²) < 4.78 is 5.34. The van der Waals surface area contributed by atoms with Gasteiger partial charge in [-0.1, -0.05) is 30.3 Å². The van der Waals surface area contributed by atoms with Gasteiger partial charge in [-0.25, -0.2) is 0 Å². The summed E-state index contributed by atoms with van der Waals surface area (Å²) in [5.74, 6) is 1.28. The lowest BCUT2D eigenvalue weighted by atomic mass is 9.93. The molecule has 1 unspecified atom stereocenters. The van der Waals surface area contributed by atoms with Crippen molar-refractivity contribution in [2.24, 2.45) is 5.92 Å².